The highest BCUT2D eigenvalue weighted by molar-refractivity contribution is 7.85. The van der Waals surface area contributed by atoms with Gasteiger partial charge in [0.05, 0.1) is 16.7 Å². The Morgan fingerprint density at radius 3 is 2.00 bits per heavy atom. The molecule has 6 heteroatoms. The van der Waals surface area contributed by atoms with E-state index in [-0.39, 0.29) is 22.7 Å². The lowest BCUT2D eigenvalue weighted by molar-refractivity contribution is 0.0801. The number of carbonyl (C=O) groups is 2. The number of hydrogen-bond acceptors (Lipinski definition) is 5. The lowest BCUT2D eigenvalue weighted by atomic mass is 9.72. The molecule has 0 heterocycles. The van der Waals surface area contributed by atoms with Gasteiger partial charge in [-0.15, -0.1) is 0 Å². The standard InChI is InChI=1S/C14H10O5S/c15-13-9-3-1-2-4-10(9)14(16)12-7-8(20(17,18)19)5-6-11(12)13/h1-7,9-10H,(H,17,18,19)/p-1. The Balaban J connectivity index is 2.21. The first kappa shape index (κ1) is 13.0. The van der Waals surface area contributed by atoms with Crippen molar-refractivity contribution in [2.24, 2.45) is 11.8 Å². The third-order valence-electron chi connectivity index (χ3n) is 3.55. The van der Waals surface area contributed by atoms with Crippen molar-refractivity contribution in [1.29, 1.82) is 0 Å². The number of ketones is 2. The van der Waals surface area contributed by atoms with Crippen molar-refractivity contribution in [1.82, 2.24) is 0 Å². The van der Waals surface area contributed by atoms with Gasteiger partial charge in [-0.2, -0.15) is 0 Å². The molecule has 0 amide bonds. The van der Waals surface area contributed by atoms with E-state index in [2.05, 4.69) is 0 Å². The molecule has 102 valence electrons. The molecule has 2 atom stereocenters. The van der Waals surface area contributed by atoms with Crippen LogP contribution in [0.15, 0.2) is 47.4 Å². The fourth-order valence-corrected chi connectivity index (χ4v) is 3.06. The molecule has 2 unspecified atom stereocenters. The highest BCUT2D eigenvalue weighted by Gasteiger charge is 2.39. The molecule has 0 saturated carbocycles. The zero-order valence-corrected chi connectivity index (χ0v) is 11.0. The Bertz CT molecular complexity index is 786. The van der Waals surface area contributed by atoms with E-state index in [0.717, 1.165) is 12.1 Å². The molecule has 3 rings (SSSR count). The van der Waals surface area contributed by atoms with Gasteiger partial charge in [-0.3, -0.25) is 9.59 Å². The number of fused-ring (bicyclic) bond motifs is 2. The molecule has 0 aliphatic heterocycles. The predicted molar refractivity (Wildman–Crippen MR) is 68.3 cm³/mol. The van der Waals surface area contributed by atoms with Crippen LogP contribution < -0.4 is 0 Å². The van der Waals surface area contributed by atoms with Gasteiger partial charge in [0.15, 0.2) is 11.6 Å². The molecule has 0 radical (unpaired) electrons. The molecule has 0 bridgehead atoms. The Morgan fingerprint density at radius 1 is 0.900 bits per heavy atom. The molecule has 0 spiro atoms. The first-order chi connectivity index (χ1) is 9.39. The van der Waals surface area contributed by atoms with Crippen LogP contribution in [-0.2, 0) is 10.1 Å². The zero-order valence-electron chi connectivity index (χ0n) is 10.1. The normalized spacial score (nSPS) is 24.4. The number of carbonyl (C=O) groups excluding carboxylic acids is 2. The van der Waals surface area contributed by atoms with E-state index in [0.29, 0.717) is 0 Å². The number of rotatable bonds is 1. The van der Waals surface area contributed by atoms with Crippen LogP contribution in [-0.4, -0.2) is 24.5 Å². The van der Waals surface area contributed by atoms with Crippen LogP contribution in [0.5, 0.6) is 0 Å². The first-order valence-corrected chi connectivity index (χ1v) is 7.34. The third-order valence-corrected chi connectivity index (χ3v) is 4.38. The van der Waals surface area contributed by atoms with Crippen LogP contribution in [0.25, 0.3) is 0 Å². The molecule has 2 aliphatic rings. The molecular formula is C14H9O5S-. The van der Waals surface area contributed by atoms with Crippen molar-refractivity contribution in [2.75, 3.05) is 0 Å². The molecule has 0 aromatic heterocycles. The van der Waals surface area contributed by atoms with Crippen LogP contribution in [0.4, 0.5) is 0 Å². The topological polar surface area (TPSA) is 91.3 Å². The Morgan fingerprint density at radius 2 is 1.45 bits per heavy atom. The van der Waals surface area contributed by atoms with Crippen molar-refractivity contribution in [3.63, 3.8) is 0 Å². The van der Waals surface area contributed by atoms with Gasteiger partial charge in [0.1, 0.15) is 10.1 Å². The van der Waals surface area contributed by atoms with Gasteiger partial charge in [0.2, 0.25) is 0 Å². The van der Waals surface area contributed by atoms with Gasteiger partial charge < -0.3 is 4.55 Å². The average molecular weight is 289 g/mol. The van der Waals surface area contributed by atoms with Crippen LogP contribution >= 0.6 is 0 Å². The van der Waals surface area contributed by atoms with Crippen molar-refractivity contribution >= 4 is 21.7 Å². The summed E-state index contributed by atoms with van der Waals surface area (Å²) < 4.78 is 33.0. The molecule has 0 N–H and O–H groups in total. The van der Waals surface area contributed by atoms with Crippen LogP contribution in [0.2, 0.25) is 0 Å². The third kappa shape index (κ3) is 1.85. The second-order valence-electron chi connectivity index (χ2n) is 4.71. The van der Waals surface area contributed by atoms with Gasteiger partial charge in [0, 0.05) is 11.1 Å². The summed E-state index contributed by atoms with van der Waals surface area (Å²) in [6, 6.07) is 3.30. The largest absolute Gasteiger partial charge is 0.744 e. The van der Waals surface area contributed by atoms with E-state index in [9.17, 15) is 22.6 Å². The predicted octanol–water partition coefficient (Wildman–Crippen LogP) is 1.33. The number of hydrogen-bond donors (Lipinski definition) is 0. The second-order valence-corrected chi connectivity index (χ2v) is 6.09. The van der Waals surface area contributed by atoms with Crippen molar-refractivity contribution in [3.8, 4) is 0 Å². The first-order valence-electron chi connectivity index (χ1n) is 5.93. The fourth-order valence-electron chi connectivity index (χ4n) is 2.56. The Labute approximate surface area is 115 Å². The lowest BCUT2D eigenvalue weighted by Gasteiger charge is -2.28. The lowest BCUT2D eigenvalue weighted by Crippen LogP contribution is -2.35. The molecule has 0 fully saturated rings. The smallest absolute Gasteiger partial charge is 0.171 e. The quantitative estimate of drug-likeness (QED) is 0.727. The molecule has 20 heavy (non-hydrogen) atoms. The second kappa shape index (κ2) is 4.22. The fraction of sp³-hybridized carbons (Fsp3) is 0.143. The van der Waals surface area contributed by atoms with Gasteiger partial charge in [-0.1, -0.05) is 24.3 Å². The van der Waals surface area contributed by atoms with E-state index in [4.69, 9.17) is 0 Å². The minimum absolute atomic E-state index is 0.00752. The summed E-state index contributed by atoms with van der Waals surface area (Å²) in [5, 5.41) is 0. The van der Waals surface area contributed by atoms with E-state index < -0.39 is 26.8 Å². The van der Waals surface area contributed by atoms with Gasteiger partial charge in [-0.25, -0.2) is 8.42 Å². The van der Waals surface area contributed by atoms with Crippen molar-refractivity contribution in [3.05, 3.63) is 53.6 Å². The summed E-state index contributed by atoms with van der Waals surface area (Å²) in [5.74, 6) is -1.74. The zero-order chi connectivity index (χ0) is 14.5. The maximum atomic E-state index is 12.3. The van der Waals surface area contributed by atoms with E-state index >= 15 is 0 Å². The van der Waals surface area contributed by atoms with E-state index in [1.54, 1.807) is 24.3 Å². The van der Waals surface area contributed by atoms with Crippen LogP contribution in [0.1, 0.15) is 20.7 Å². The van der Waals surface area contributed by atoms with Crippen LogP contribution in [0.3, 0.4) is 0 Å². The molecular weight excluding hydrogens is 280 g/mol. The summed E-state index contributed by atoms with van der Waals surface area (Å²) in [7, 11) is -4.65. The summed E-state index contributed by atoms with van der Waals surface area (Å²) in [6.07, 6.45) is 6.65. The number of allylic oxidation sites excluding steroid dienone is 4. The molecule has 5 nitrogen and oxygen atoms in total. The van der Waals surface area contributed by atoms with Crippen molar-refractivity contribution < 1.29 is 22.6 Å². The minimum atomic E-state index is -4.65. The monoisotopic (exact) mass is 289 g/mol. The average Bonchev–Trinajstić information content (AvgIpc) is 2.43. The highest BCUT2D eigenvalue weighted by Crippen LogP contribution is 2.34. The van der Waals surface area contributed by atoms with Gasteiger partial charge in [-0.05, 0) is 18.2 Å². The highest BCUT2D eigenvalue weighted by atomic mass is 32.2. The van der Waals surface area contributed by atoms with E-state index in [1.807, 2.05) is 0 Å². The van der Waals surface area contributed by atoms with Crippen molar-refractivity contribution in [2.45, 2.75) is 4.90 Å². The maximum Gasteiger partial charge on any atom is 0.171 e. The van der Waals surface area contributed by atoms with Crippen LogP contribution in [0, 0.1) is 11.8 Å². The summed E-state index contributed by atoms with van der Waals surface area (Å²) >= 11 is 0. The van der Waals surface area contributed by atoms with Gasteiger partial charge >= 0.3 is 0 Å². The SMILES string of the molecule is O=C1c2ccc(S(=O)(=O)[O-])cc2C(=O)C2C=CC=CC12. The van der Waals surface area contributed by atoms with Gasteiger partial charge in [0.25, 0.3) is 0 Å². The summed E-state index contributed by atoms with van der Waals surface area (Å²) in [6.45, 7) is 0. The molecule has 1 aromatic carbocycles. The number of benzene rings is 1. The van der Waals surface area contributed by atoms with E-state index in [1.165, 1.54) is 6.07 Å². The summed E-state index contributed by atoms with van der Waals surface area (Å²) in [4.78, 5) is 24.1. The molecule has 2 aliphatic carbocycles. The molecule has 0 saturated heterocycles. The number of Topliss-reactive ketones (excluding diaryl/α,β-unsaturated/α-hetero) is 2. The molecule has 1 aromatic rings. The summed E-state index contributed by atoms with van der Waals surface area (Å²) in [5.41, 5.74) is 0.178. The Kier molecular flexibility index (Phi) is 2.74. The Hall–Kier alpha value is -2.05. The minimum Gasteiger partial charge on any atom is -0.744 e. The maximum absolute atomic E-state index is 12.3.